The molecule has 0 fully saturated rings. The molecule has 0 heterocycles. The van der Waals surface area contributed by atoms with Crippen molar-refractivity contribution in [3.63, 3.8) is 0 Å². The quantitative estimate of drug-likeness (QED) is 0.117. The number of para-hydroxylation sites is 1. The van der Waals surface area contributed by atoms with Gasteiger partial charge in [0.15, 0.2) is 0 Å². The average Bonchev–Trinajstić information content (AvgIpc) is 3.03. The summed E-state index contributed by atoms with van der Waals surface area (Å²) < 4.78 is 45.5. The minimum Gasteiger partial charge on any atom is -0.497 e. The lowest BCUT2D eigenvalue weighted by molar-refractivity contribution is -0.137. The molecule has 0 aliphatic rings. The molecule has 0 saturated carbocycles. The van der Waals surface area contributed by atoms with Crippen LogP contribution in [0.2, 0.25) is 0 Å². The Morgan fingerprint density at radius 1 is 0.867 bits per heavy atom. The summed E-state index contributed by atoms with van der Waals surface area (Å²) in [5.74, 6) is -1.09. The number of alkyl halides is 3. The number of ether oxygens (including phenoxy) is 1. The van der Waals surface area contributed by atoms with E-state index in [0.717, 1.165) is 17.8 Å². The molecule has 0 aliphatic heterocycles. The second-order valence-corrected chi connectivity index (χ2v) is 11.0. The fourth-order valence-electron chi connectivity index (χ4n) is 4.23. The second-order valence-electron chi connectivity index (χ2n) is 9.68. The SMILES string of the molecule is CCC(Sc1cccc(NC(=O)/C(=C/c2cccc(OC)c2)NC(=O)c2ccccc2)c1)C(=O)Nc1ccccc1C(F)(F)F. The fraction of sp³-hybridized carbons (Fsp3) is 0.147. The van der Waals surface area contributed by atoms with Gasteiger partial charge in [0.25, 0.3) is 11.8 Å². The first-order valence-electron chi connectivity index (χ1n) is 13.8. The Morgan fingerprint density at radius 3 is 2.29 bits per heavy atom. The normalized spacial score (nSPS) is 12.2. The van der Waals surface area contributed by atoms with Gasteiger partial charge in [-0.3, -0.25) is 14.4 Å². The molecule has 11 heteroatoms. The van der Waals surface area contributed by atoms with Gasteiger partial charge in [-0.2, -0.15) is 13.2 Å². The first kappa shape index (κ1) is 32.9. The van der Waals surface area contributed by atoms with Gasteiger partial charge in [0, 0.05) is 16.1 Å². The van der Waals surface area contributed by atoms with Crippen molar-refractivity contribution < 1.29 is 32.3 Å². The molecule has 45 heavy (non-hydrogen) atoms. The van der Waals surface area contributed by atoms with E-state index in [1.54, 1.807) is 85.8 Å². The highest BCUT2D eigenvalue weighted by Gasteiger charge is 2.34. The zero-order chi connectivity index (χ0) is 32.4. The molecule has 3 amide bonds. The Hall–Kier alpha value is -5.03. The van der Waals surface area contributed by atoms with Gasteiger partial charge < -0.3 is 20.7 Å². The Balaban J connectivity index is 1.52. The highest BCUT2D eigenvalue weighted by molar-refractivity contribution is 8.00. The zero-order valence-corrected chi connectivity index (χ0v) is 25.2. The number of nitrogens with one attached hydrogen (secondary N) is 3. The van der Waals surface area contributed by atoms with E-state index in [1.165, 1.54) is 31.4 Å². The smallest absolute Gasteiger partial charge is 0.418 e. The van der Waals surface area contributed by atoms with Crippen molar-refractivity contribution in [2.75, 3.05) is 17.7 Å². The standard InChI is InChI=1S/C34H30F3N3O4S/c1-3-30(33(43)39-28-18-8-7-17-27(28)34(35,36)37)45-26-16-10-14-24(21-26)38-32(42)29(20-22-11-9-15-25(19-22)44-2)40-31(41)23-12-5-4-6-13-23/h4-21,30H,3H2,1-2H3,(H,38,42)(H,39,43)(H,40,41)/b29-20-. The molecule has 7 nitrogen and oxygen atoms in total. The van der Waals surface area contributed by atoms with E-state index in [2.05, 4.69) is 16.0 Å². The molecule has 232 valence electrons. The summed E-state index contributed by atoms with van der Waals surface area (Å²) in [7, 11) is 1.52. The van der Waals surface area contributed by atoms with Gasteiger partial charge >= 0.3 is 6.18 Å². The van der Waals surface area contributed by atoms with Crippen molar-refractivity contribution in [2.45, 2.75) is 29.7 Å². The molecule has 4 aromatic carbocycles. The third kappa shape index (κ3) is 9.23. The number of carbonyl (C=O) groups is 3. The van der Waals surface area contributed by atoms with Crippen LogP contribution in [0.4, 0.5) is 24.5 Å². The maximum atomic E-state index is 13.5. The molecule has 0 saturated heterocycles. The van der Waals surface area contributed by atoms with Gasteiger partial charge in [0.1, 0.15) is 11.4 Å². The van der Waals surface area contributed by atoms with E-state index < -0.39 is 34.7 Å². The summed E-state index contributed by atoms with van der Waals surface area (Å²) in [6.07, 6.45) is -2.76. The summed E-state index contributed by atoms with van der Waals surface area (Å²) in [6, 6.07) is 26.9. The maximum absolute atomic E-state index is 13.5. The third-order valence-corrected chi connectivity index (χ3v) is 7.82. The number of hydrogen-bond donors (Lipinski definition) is 3. The molecule has 3 N–H and O–H groups in total. The van der Waals surface area contributed by atoms with Gasteiger partial charge in [-0.25, -0.2) is 0 Å². The van der Waals surface area contributed by atoms with Crippen LogP contribution in [0.3, 0.4) is 0 Å². The Morgan fingerprint density at radius 2 is 1.58 bits per heavy atom. The topological polar surface area (TPSA) is 96.5 Å². The molecular weight excluding hydrogens is 603 g/mol. The van der Waals surface area contributed by atoms with Crippen molar-refractivity contribution in [1.82, 2.24) is 5.32 Å². The molecule has 4 aromatic rings. The van der Waals surface area contributed by atoms with Gasteiger partial charge in [-0.15, -0.1) is 11.8 Å². The second kappa shape index (κ2) is 15.1. The molecule has 0 aliphatic carbocycles. The number of anilines is 2. The van der Waals surface area contributed by atoms with Crippen molar-refractivity contribution in [2.24, 2.45) is 0 Å². The number of amides is 3. The van der Waals surface area contributed by atoms with E-state index in [-0.39, 0.29) is 11.4 Å². The highest BCUT2D eigenvalue weighted by Crippen LogP contribution is 2.35. The van der Waals surface area contributed by atoms with Crippen molar-refractivity contribution in [3.05, 3.63) is 126 Å². The predicted molar refractivity (Wildman–Crippen MR) is 170 cm³/mol. The van der Waals surface area contributed by atoms with Gasteiger partial charge in [0.05, 0.1) is 23.6 Å². The van der Waals surface area contributed by atoms with Crippen LogP contribution >= 0.6 is 11.8 Å². The zero-order valence-electron chi connectivity index (χ0n) is 24.4. The number of carbonyl (C=O) groups excluding carboxylic acids is 3. The van der Waals surface area contributed by atoms with Crippen molar-refractivity contribution >= 4 is 46.9 Å². The number of halogens is 3. The lowest BCUT2D eigenvalue weighted by Crippen LogP contribution is -2.30. The summed E-state index contributed by atoms with van der Waals surface area (Å²) in [5, 5.41) is 7.15. The Kier molecular flexibility index (Phi) is 11.0. The molecule has 0 spiro atoms. The molecule has 0 aromatic heterocycles. The van der Waals surface area contributed by atoms with E-state index in [0.29, 0.717) is 33.9 Å². The van der Waals surface area contributed by atoms with Crippen LogP contribution < -0.4 is 20.7 Å². The van der Waals surface area contributed by atoms with Crippen LogP contribution in [0.15, 0.2) is 114 Å². The van der Waals surface area contributed by atoms with Gasteiger partial charge in [-0.05, 0) is 72.7 Å². The predicted octanol–water partition coefficient (Wildman–Crippen LogP) is 7.63. The maximum Gasteiger partial charge on any atom is 0.418 e. The number of rotatable bonds is 11. The summed E-state index contributed by atoms with van der Waals surface area (Å²) in [5.41, 5.74) is 0.0866. The van der Waals surface area contributed by atoms with Crippen molar-refractivity contribution in [3.8, 4) is 5.75 Å². The Labute approximate surface area is 262 Å². The van der Waals surface area contributed by atoms with E-state index in [9.17, 15) is 27.6 Å². The minimum absolute atomic E-state index is 0.0238. The summed E-state index contributed by atoms with van der Waals surface area (Å²) in [4.78, 5) is 40.0. The third-order valence-electron chi connectivity index (χ3n) is 6.46. The van der Waals surface area contributed by atoms with Crippen LogP contribution in [0.5, 0.6) is 5.75 Å². The number of methoxy groups -OCH3 is 1. The molecule has 1 atom stereocenters. The van der Waals surface area contributed by atoms with E-state index in [1.807, 2.05) is 0 Å². The molecule has 0 bridgehead atoms. The van der Waals surface area contributed by atoms with Crippen LogP contribution in [-0.4, -0.2) is 30.1 Å². The summed E-state index contributed by atoms with van der Waals surface area (Å²) in [6.45, 7) is 1.75. The highest BCUT2D eigenvalue weighted by atomic mass is 32.2. The molecular formula is C34H30F3N3O4S. The largest absolute Gasteiger partial charge is 0.497 e. The molecule has 1 unspecified atom stereocenters. The number of hydrogen-bond acceptors (Lipinski definition) is 5. The fourth-order valence-corrected chi connectivity index (χ4v) is 5.24. The van der Waals surface area contributed by atoms with Gasteiger partial charge in [-0.1, -0.05) is 55.5 Å². The minimum atomic E-state index is -4.62. The van der Waals surface area contributed by atoms with Crippen LogP contribution in [-0.2, 0) is 15.8 Å². The first-order chi connectivity index (χ1) is 21.6. The van der Waals surface area contributed by atoms with E-state index in [4.69, 9.17) is 4.74 Å². The lowest BCUT2D eigenvalue weighted by atomic mass is 10.1. The number of benzene rings is 4. The summed E-state index contributed by atoms with van der Waals surface area (Å²) >= 11 is 1.15. The van der Waals surface area contributed by atoms with E-state index >= 15 is 0 Å². The molecule has 4 rings (SSSR count). The average molecular weight is 634 g/mol. The molecule has 0 radical (unpaired) electrons. The van der Waals surface area contributed by atoms with Crippen LogP contribution in [0, 0.1) is 0 Å². The van der Waals surface area contributed by atoms with Crippen LogP contribution in [0.25, 0.3) is 6.08 Å². The van der Waals surface area contributed by atoms with Crippen molar-refractivity contribution in [1.29, 1.82) is 0 Å². The van der Waals surface area contributed by atoms with Crippen LogP contribution in [0.1, 0.15) is 34.8 Å². The monoisotopic (exact) mass is 633 g/mol. The van der Waals surface area contributed by atoms with Gasteiger partial charge in [0.2, 0.25) is 5.91 Å². The first-order valence-corrected chi connectivity index (χ1v) is 14.7. The Bertz CT molecular complexity index is 1690. The number of thioether (sulfide) groups is 1. The lowest BCUT2D eigenvalue weighted by Gasteiger charge is -2.18.